The van der Waals surface area contributed by atoms with Crippen LogP contribution in [-0.2, 0) is 16.0 Å². The van der Waals surface area contributed by atoms with E-state index >= 15 is 0 Å². The number of carbonyl (C=O) groups is 1. The van der Waals surface area contributed by atoms with Gasteiger partial charge in [-0.1, -0.05) is 0 Å². The van der Waals surface area contributed by atoms with Crippen LogP contribution in [0.1, 0.15) is 51.9 Å². The summed E-state index contributed by atoms with van der Waals surface area (Å²) in [5.41, 5.74) is -0.663. The van der Waals surface area contributed by atoms with Crippen molar-refractivity contribution < 1.29 is 9.53 Å². The van der Waals surface area contributed by atoms with E-state index in [-0.39, 0.29) is 5.91 Å². The van der Waals surface area contributed by atoms with Crippen LogP contribution in [0.2, 0.25) is 0 Å². The van der Waals surface area contributed by atoms with E-state index in [1.807, 2.05) is 11.5 Å². The van der Waals surface area contributed by atoms with Crippen LogP contribution in [0.3, 0.4) is 0 Å². The van der Waals surface area contributed by atoms with Crippen molar-refractivity contribution in [1.29, 1.82) is 0 Å². The number of hydrogen-bond acceptors (Lipinski definition) is 4. The van der Waals surface area contributed by atoms with Crippen molar-refractivity contribution in [1.82, 2.24) is 20.1 Å². The molecule has 1 saturated heterocycles. The van der Waals surface area contributed by atoms with Gasteiger partial charge in [0.05, 0.1) is 0 Å². The van der Waals surface area contributed by atoms with Crippen LogP contribution in [0.15, 0.2) is 6.33 Å². The number of aromatic nitrogens is 3. The van der Waals surface area contributed by atoms with Crippen molar-refractivity contribution in [2.24, 2.45) is 0 Å². The molecule has 0 spiro atoms. The van der Waals surface area contributed by atoms with E-state index in [1.54, 1.807) is 6.33 Å². The minimum Gasteiger partial charge on any atom is -0.365 e. The molecule has 0 bridgehead atoms. The van der Waals surface area contributed by atoms with E-state index in [4.69, 9.17) is 4.74 Å². The van der Waals surface area contributed by atoms with Crippen LogP contribution >= 0.6 is 0 Å². The summed E-state index contributed by atoms with van der Waals surface area (Å²) < 4.78 is 7.65. The monoisotopic (exact) mass is 280 g/mol. The van der Waals surface area contributed by atoms with Gasteiger partial charge >= 0.3 is 0 Å². The first-order valence-corrected chi connectivity index (χ1v) is 7.33. The molecular weight excluding hydrogens is 256 g/mol. The van der Waals surface area contributed by atoms with Crippen LogP contribution in [0, 0.1) is 0 Å². The number of carbonyl (C=O) groups excluding carboxylic acids is 1. The molecule has 112 valence electrons. The molecule has 0 unspecified atom stereocenters. The van der Waals surface area contributed by atoms with Gasteiger partial charge < -0.3 is 14.6 Å². The van der Waals surface area contributed by atoms with E-state index in [0.717, 1.165) is 25.1 Å². The summed E-state index contributed by atoms with van der Waals surface area (Å²) in [4.78, 5) is 12.2. The third kappa shape index (κ3) is 3.36. The molecular formula is C14H24N4O2. The van der Waals surface area contributed by atoms with E-state index in [9.17, 15) is 4.79 Å². The molecule has 1 aromatic rings. The van der Waals surface area contributed by atoms with Gasteiger partial charge in [-0.05, 0) is 40.0 Å². The standard InChI is InChI=1S/C14H24N4O2/c1-11(2)18-10-16-17-12(18)6-8-15-13(19)14(3)7-4-5-9-20-14/h10-11H,4-9H2,1-3H3,(H,15,19)/t14-/m1/s1. The molecule has 0 aliphatic carbocycles. The van der Waals surface area contributed by atoms with Gasteiger partial charge in [0.1, 0.15) is 17.8 Å². The lowest BCUT2D eigenvalue weighted by Gasteiger charge is -2.32. The zero-order chi connectivity index (χ0) is 14.6. The molecule has 20 heavy (non-hydrogen) atoms. The summed E-state index contributed by atoms with van der Waals surface area (Å²) in [5.74, 6) is 0.878. The van der Waals surface area contributed by atoms with Crippen molar-refractivity contribution in [3.05, 3.63) is 12.2 Å². The molecule has 2 rings (SSSR count). The third-order valence-corrected chi connectivity index (χ3v) is 3.79. The van der Waals surface area contributed by atoms with Crippen molar-refractivity contribution >= 4 is 5.91 Å². The fourth-order valence-corrected chi connectivity index (χ4v) is 2.46. The number of nitrogens with one attached hydrogen (secondary N) is 1. The second-order valence-electron chi connectivity index (χ2n) is 5.79. The quantitative estimate of drug-likeness (QED) is 0.887. The number of hydrogen-bond donors (Lipinski definition) is 1. The number of nitrogens with zero attached hydrogens (tertiary/aromatic N) is 3. The Morgan fingerprint density at radius 2 is 2.35 bits per heavy atom. The summed E-state index contributed by atoms with van der Waals surface area (Å²) in [5, 5.41) is 11.0. The highest BCUT2D eigenvalue weighted by molar-refractivity contribution is 5.84. The zero-order valence-corrected chi connectivity index (χ0v) is 12.6. The molecule has 2 heterocycles. The van der Waals surface area contributed by atoms with Gasteiger partial charge in [0.2, 0.25) is 0 Å². The Kier molecular flexibility index (Phi) is 4.75. The maximum Gasteiger partial charge on any atom is 0.251 e. The van der Waals surface area contributed by atoms with Crippen LogP contribution in [0.25, 0.3) is 0 Å². The smallest absolute Gasteiger partial charge is 0.251 e. The van der Waals surface area contributed by atoms with Gasteiger partial charge in [-0.25, -0.2) is 0 Å². The highest BCUT2D eigenvalue weighted by Crippen LogP contribution is 2.24. The lowest BCUT2D eigenvalue weighted by molar-refractivity contribution is -0.150. The predicted octanol–water partition coefficient (Wildman–Crippen LogP) is 1.48. The van der Waals surface area contributed by atoms with Gasteiger partial charge in [0.25, 0.3) is 5.91 Å². The highest BCUT2D eigenvalue weighted by atomic mass is 16.5. The fourth-order valence-electron chi connectivity index (χ4n) is 2.46. The Morgan fingerprint density at radius 1 is 1.55 bits per heavy atom. The zero-order valence-electron chi connectivity index (χ0n) is 12.6. The average molecular weight is 280 g/mol. The Balaban J connectivity index is 1.83. The third-order valence-electron chi connectivity index (χ3n) is 3.79. The lowest BCUT2D eigenvalue weighted by atomic mass is 9.95. The van der Waals surface area contributed by atoms with E-state index in [0.29, 0.717) is 25.6 Å². The summed E-state index contributed by atoms with van der Waals surface area (Å²) in [6, 6.07) is 0.329. The van der Waals surface area contributed by atoms with E-state index in [1.165, 1.54) is 0 Å². The van der Waals surface area contributed by atoms with Crippen molar-refractivity contribution in [3.63, 3.8) is 0 Å². The first kappa shape index (κ1) is 15.0. The SMILES string of the molecule is CC(C)n1cnnc1CCNC(=O)[C@@]1(C)CCCCO1. The van der Waals surface area contributed by atoms with Crippen LogP contribution in [-0.4, -0.2) is 39.4 Å². The number of amides is 1. The topological polar surface area (TPSA) is 69.0 Å². The molecule has 1 N–H and O–H groups in total. The Labute approximate surface area is 119 Å². The maximum absolute atomic E-state index is 12.2. The Hall–Kier alpha value is -1.43. The highest BCUT2D eigenvalue weighted by Gasteiger charge is 2.35. The number of ether oxygens (including phenoxy) is 1. The van der Waals surface area contributed by atoms with Crippen molar-refractivity contribution in [3.8, 4) is 0 Å². The second kappa shape index (κ2) is 6.35. The van der Waals surface area contributed by atoms with E-state index in [2.05, 4.69) is 29.4 Å². The molecule has 0 aromatic carbocycles. The van der Waals surface area contributed by atoms with Gasteiger partial charge in [-0.3, -0.25) is 4.79 Å². The molecule has 1 fully saturated rings. The maximum atomic E-state index is 12.2. The van der Waals surface area contributed by atoms with Crippen LogP contribution in [0.4, 0.5) is 0 Å². The number of rotatable bonds is 5. The minimum absolute atomic E-state index is 0.0205. The molecule has 0 saturated carbocycles. The van der Waals surface area contributed by atoms with Gasteiger partial charge in [0, 0.05) is 25.6 Å². The molecule has 1 aliphatic rings. The van der Waals surface area contributed by atoms with Crippen LogP contribution < -0.4 is 5.32 Å². The average Bonchev–Trinajstić information content (AvgIpc) is 2.88. The molecule has 1 amide bonds. The fraction of sp³-hybridized carbons (Fsp3) is 0.786. The van der Waals surface area contributed by atoms with Crippen molar-refractivity contribution in [2.45, 2.75) is 58.1 Å². The van der Waals surface area contributed by atoms with Gasteiger partial charge in [-0.2, -0.15) is 0 Å². The molecule has 6 heteroatoms. The predicted molar refractivity (Wildman–Crippen MR) is 75.3 cm³/mol. The minimum atomic E-state index is -0.663. The Morgan fingerprint density at radius 3 is 3.00 bits per heavy atom. The van der Waals surface area contributed by atoms with Gasteiger partial charge in [0.15, 0.2) is 0 Å². The largest absolute Gasteiger partial charge is 0.365 e. The molecule has 0 radical (unpaired) electrons. The van der Waals surface area contributed by atoms with Gasteiger partial charge in [-0.15, -0.1) is 10.2 Å². The molecule has 6 nitrogen and oxygen atoms in total. The second-order valence-corrected chi connectivity index (χ2v) is 5.79. The molecule has 1 aromatic heterocycles. The van der Waals surface area contributed by atoms with Crippen molar-refractivity contribution in [2.75, 3.05) is 13.2 Å². The first-order valence-electron chi connectivity index (χ1n) is 7.33. The summed E-state index contributed by atoms with van der Waals surface area (Å²) in [7, 11) is 0. The molecule has 1 aliphatic heterocycles. The lowest BCUT2D eigenvalue weighted by Crippen LogP contribution is -2.48. The summed E-state index contributed by atoms with van der Waals surface area (Å²) in [6.07, 6.45) is 5.29. The summed E-state index contributed by atoms with van der Waals surface area (Å²) in [6.45, 7) is 7.28. The summed E-state index contributed by atoms with van der Waals surface area (Å²) >= 11 is 0. The normalized spacial score (nSPS) is 23.0. The van der Waals surface area contributed by atoms with Crippen LogP contribution in [0.5, 0.6) is 0 Å². The van der Waals surface area contributed by atoms with E-state index < -0.39 is 5.60 Å². The first-order chi connectivity index (χ1) is 9.53. The Bertz CT molecular complexity index is 450. The molecule has 1 atom stereocenters.